The first-order chi connectivity index (χ1) is 11.7. The van der Waals surface area contributed by atoms with Crippen LogP contribution in [0.4, 0.5) is 0 Å². The summed E-state index contributed by atoms with van der Waals surface area (Å²) in [7, 11) is 0. The summed E-state index contributed by atoms with van der Waals surface area (Å²) in [5.41, 5.74) is -0.140. The molecular formula is C20H32O4. The van der Waals surface area contributed by atoms with Crippen molar-refractivity contribution in [2.24, 2.45) is 0 Å². The second-order valence-electron chi connectivity index (χ2n) is 6.45. The van der Waals surface area contributed by atoms with Gasteiger partial charge in [0, 0.05) is 6.42 Å². The summed E-state index contributed by atoms with van der Waals surface area (Å²) in [6.07, 6.45) is 17.7. The lowest BCUT2D eigenvalue weighted by molar-refractivity contribution is -0.137. The lowest BCUT2D eigenvalue weighted by atomic mass is 10.0. The minimum Gasteiger partial charge on any atom is -0.508 e. The van der Waals surface area contributed by atoms with Gasteiger partial charge < -0.3 is 9.84 Å². The van der Waals surface area contributed by atoms with Gasteiger partial charge in [0.25, 0.3) is 0 Å². The van der Waals surface area contributed by atoms with E-state index in [-0.39, 0.29) is 23.7 Å². The van der Waals surface area contributed by atoms with Gasteiger partial charge in [0.2, 0.25) is 0 Å². The third kappa shape index (κ3) is 8.32. The molecule has 0 radical (unpaired) electrons. The van der Waals surface area contributed by atoms with Gasteiger partial charge in [-0.25, -0.2) is 4.79 Å². The van der Waals surface area contributed by atoms with E-state index in [0.717, 1.165) is 25.7 Å². The van der Waals surface area contributed by atoms with Gasteiger partial charge in [-0.2, -0.15) is 0 Å². The van der Waals surface area contributed by atoms with E-state index in [1.807, 2.05) is 0 Å². The molecule has 0 saturated heterocycles. The number of cyclic esters (lactones) is 1. The number of rotatable bonds is 14. The van der Waals surface area contributed by atoms with Crippen LogP contribution in [-0.4, -0.2) is 23.5 Å². The molecule has 24 heavy (non-hydrogen) atoms. The van der Waals surface area contributed by atoms with Crippen molar-refractivity contribution in [1.29, 1.82) is 0 Å². The molecule has 0 spiro atoms. The van der Waals surface area contributed by atoms with E-state index in [9.17, 15) is 14.7 Å². The molecular weight excluding hydrogens is 304 g/mol. The number of carbonyl (C=O) groups excluding carboxylic acids is 2. The van der Waals surface area contributed by atoms with Gasteiger partial charge in [-0.15, -0.1) is 0 Å². The van der Waals surface area contributed by atoms with Crippen molar-refractivity contribution >= 4 is 11.8 Å². The SMILES string of the molecule is CCCCCCC=CCCCCCCCC(=O)C1=C(O)COC1=O. The second kappa shape index (κ2) is 12.8. The molecule has 1 aliphatic heterocycles. The van der Waals surface area contributed by atoms with Crippen molar-refractivity contribution < 1.29 is 19.4 Å². The molecule has 4 nitrogen and oxygen atoms in total. The number of Topliss-reactive ketones (excluding diaryl/α,β-unsaturated/α-hetero) is 1. The number of aliphatic hydroxyl groups excluding tert-OH is 1. The Hall–Kier alpha value is -1.58. The predicted molar refractivity (Wildman–Crippen MR) is 95.8 cm³/mol. The highest BCUT2D eigenvalue weighted by molar-refractivity contribution is 6.18. The van der Waals surface area contributed by atoms with Gasteiger partial charge in [-0.1, -0.05) is 57.6 Å². The molecule has 0 fully saturated rings. The van der Waals surface area contributed by atoms with Crippen LogP contribution in [0.5, 0.6) is 0 Å². The van der Waals surface area contributed by atoms with E-state index in [1.165, 1.54) is 44.9 Å². The molecule has 1 rings (SSSR count). The Morgan fingerprint density at radius 1 is 1.00 bits per heavy atom. The average Bonchev–Trinajstić information content (AvgIpc) is 2.90. The fourth-order valence-corrected chi connectivity index (χ4v) is 2.80. The third-order valence-corrected chi connectivity index (χ3v) is 4.28. The highest BCUT2D eigenvalue weighted by Crippen LogP contribution is 2.18. The minimum atomic E-state index is -0.681. The van der Waals surface area contributed by atoms with Gasteiger partial charge in [0.15, 0.2) is 5.78 Å². The highest BCUT2D eigenvalue weighted by atomic mass is 16.5. The molecule has 0 unspecified atom stereocenters. The number of hydrogen-bond acceptors (Lipinski definition) is 4. The summed E-state index contributed by atoms with van der Waals surface area (Å²) in [6, 6.07) is 0. The molecule has 0 atom stereocenters. The lowest BCUT2D eigenvalue weighted by Crippen LogP contribution is -2.10. The van der Waals surface area contributed by atoms with Crippen molar-refractivity contribution in [2.75, 3.05) is 6.61 Å². The largest absolute Gasteiger partial charge is 0.508 e. The number of carbonyl (C=O) groups is 2. The highest BCUT2D eigenvalue weighted by Gasteiger charge is 2.29. The summed E-state index contributed by atoms with van der Waals surface area (Å²) < 4.78 is 4.63. The van der Waals surface area contributed by atoms with Crippen LogP contribution >= 0.6 is 0 Å². The Balaban J connectivity index is 1.94. The Bertz CT molecular complexity index is 449. The summed E-state index contributed by atoms with van der Waals surface area (Å²) in [5, 5.41) is 9.44. The zero-order valence-electron chi connectivity index (χ0n) is 15.0. The van der Waals surface area contributed by atoms with Crippen LogP contribution in [0.15, 0.2) is 23.5 Å². The number of hydrogen-bond donors (Lipinski definition) is 1. The number of ether oxygens (including phenoxy) is 1. The van der Waals surface area contributed by atoms with Crippen LogP contribution in [0.3, 0.4) is 0 Å². The minimum absolute atomic E-state index is 0.140. The quantitative estimate of drug-likeness (QED) is 0.205. The Labute approximate surface area is 146 Å². The van der Waals surface area contributed by atoms with Crippen LogP contribution in [0.1, 0.15) is 84.0 Å². The molecule has 0 amide bonds. The zero-order chi connectivity index (χ0) is 17.6. The summed E-state index contributed by atoms with van der Waals surface area (Å²) in [4.78, 5) is 23.1. The van der Waals surface area contributed by atoms with E-state index in [1.54, 1.807) is 0 Å². The molecule has 0 aromatic heterocycles. The second-order valence-corrected chi connectivity index (χ2v) is 6.45. The summed E-state index contributed by atoms with van der Waals surface area (Å²) in [5.74, 6) is -1.19. The molecule has 1 aliphatic rings. The first-order valence-corrected chi connectivity index (χ1v) is 9.44. The Kier molecular flexibility index (Phi) is 10.9. The number of aliphatic hydroxyl groups is 1. The van der Waals surface area contributed by atoms with E-state index in [2.05, 4.69) is 23.8 Å². The van der Waals surface area contributed by atoms with E-state index >= 15 is 0 Å². The van der Waals surface area contributed by atoms with E-state index in [4.69, 9.17) is 0 Å². The number of unbranched alkanes of at least 4 members (excludes halogenated alkanes) is 9. The Morgan fingerprint density at radius 2 is 1.58 bits per heavy atom. The van der Waals surface area contributed by atoms with Crippen LogP contribution in [-0.2, 0) is 14.3 Å². The molecule has 136 valence electrons. The number of allylic oxidation sites excluding steroid dienone is 2. The van der Waals surface area contributed by atoms with E-state index < -0.39 is 5.97 Å². The van der Waals surface area contributed by atoms with Gasteiger partial charge in [-0.3, -0.25) is 4.79 Å². The van der Waals surface area contributed by atoms with Crippen LogP contribution < -0.4 is 0 Å². The van der Waals surface area contributed by atoms with Crippen molar-refractivity contribution in [1.82, 2.24) is 0 Å². The zero-order valence-corrected chi connectivity index (χ0v) is 15.0. The molecule has 1 heterocycles. The standard InChI is InChI=1S/C20H32O4/c1-2-3-4-5-6-7-8-9-10-11-12-13-14-15-17(21)19-18(22)16-24-20(19)23/h7-8,22H,2-6,9-16H2,1H3. The molecule has 4 heteroatoms. The maximum Gasteiger partial charge on any atom is 0.345 e. The average molecular weight is 336 g/mol. The van der Waals surface area contributed by atoms with Gasteiger partial charge in [0.05, 0.1) is 0 Å². The van der Waals surface area contributed by atoms with Crippen molar-refractivity contribution in [3.8, 4) is 0 Å². The van der Waals surface area contributed by atoms with Crippen LogP contribution in [0, 0.1) is 0 Å². The van der Waals surface area contributed by atoms with Crippen molar-refractivity contribution in [2.45, 2.75) is 84.0 Å². The fraction of sp³-hybridized carbons (Fsp3) is 0.700. The van der Waals surface area contributed by atoms with Crippen molar-refractivity contribution in [3.63, 3.8) is 0 Å². The molecule has 0 saturated carbocycles. The maximum absolute atomic E-state index is 11.8. The first kappa shape index (κ1) is 20.5. The number of ketones is 1. The molecule has 0 bridgehead atoms. The van der Waals surface area contributed by atoms with Crippen LogP contribution in [0.2, 0.25) is 0 Å². The third-order valence-electron chi connectivity index (χ3n) is 4.28. The van der Waals surface area contributed by atoms with Crippen molar-refractivity contribution in [3.05, 3.63) is 23.5 Å². The van der Waals surface area contributed by atoms with Gasteiger partial charge in [0.1, 0.15) is 17.9 Å². The monoisotopic (exact) mass is 336 g/mol. The summed E-state index contributed by atoms with van der Waals surface area (Å²) >= 11 is 0. The summed E-state index contributed by atoms with van der Waals surface area (Å²) in [6.45, 7) is 2.07. The smallest absolute Gasteiger partial charge is 0.345 e. The van der Waals surface area contributed by atoms with Crippen LogP contribution in [0.25, 0.3) is 0 Å². The molecule has 0 aromatic carbocycles. The topological polar surface area (TPSA) is 63.6 Å². The first-order valence-electron chi connectivity index (χ1n) is 9.44. The molecule has 1 N–H and O–H groups in total. The predicted octanol–water partition coefficient (Wildman–Crippen LogP) is 5.18. The fourth-order valence-electron chi connectivity index (χ4n) is 2.80. The van der Waals surface area contributed by atoms with Gasteiger partial charge >= 0.3 is 5.97 Å². The number of esters is 1. The molecule has 0 aliphatic carbocycles. The lowest BCUT2D eigenvalue weighted by Gasteiger charge is -2.01. The normalized spacial score (nSPS) is 14.6. The Morgan fingerprint density at radius 3 is 2.17 bits per heavy atom. The van der Waals surface area contributed by atoms with Gasteiger partial charge in [-0.05, 0) is 32.1 Å². The maximum atomic E-state index is 11.8. The molecule has 0 aromatic rings. The van der Waals surface area contributed by atoms with E-state index in [0.29, 0.717) is 6.42 Å².